The van der Waals surface area contributed by atoms with Crippen molar-refractivity contribution in [1.82, 2.24) is 0 Å². The van der Waals surface area contributed by atoms with Crippen LogP contribution in [0, 0.1) is 12.7 Å². The van der Waals surface area contributed by atoms with Crippen LogP contribution in [0.3, 0.4) is 0 Å². The molecule has 0 amide bonds. The van der Waals surface area contributed by atoms with Gasteiger partial charge in [0.05, 0.1) is 4.47 Å². The fourth-order valence-corrected chi connectivity index (χ4v) is 2.51. The highest BCUT2D eigenvalue weighted by Crippen LogP contribution is 2.53. The van der Waals surface area contributed by atoms with Crippen molar-refractivity contribution in [2.45, 2.75) is 38.1 Å². The van der Waals surface area contributed by atoms with Crippen LogP contribution in [0.25, 0.3) is 0 Å². The van der Waals surface area contributed by atoms with Gasteiger partial charge in [-0.15, -0.1) is 0 Å². The van der Waals surface area contributed by atoms with Gasteiger partial charge in [-0.25, -0.2) is 4.39 Å². The molecule has 1 aliphatic carbocycles. The molecular formula is C12H15BrFNO. The van der Waals surface area contributed by atoms with E-state index < -0.39 is 5.82 Å². The second-order valence-corrected chi connectivity index (χ2v) is 5.46. The maximum atomic E-state index is 14.0. The molecule has 1 saturated carbocycles. The number of hydrogen-bond acceptors (Lipinski definition) is 2. The molecule has 1 unspecified atom stereocenters. The molecule has 1 aromatic rings. The van der Waals surface area contributed by atoms with Gasteiger partial charge >= 0.3 is 0 Å². The molecule has 0 bridgehead atoms. The number of aryl methyl sites for hydroxylation is 1. The zero-order valence-corrected chi connectivity index (χ0v) is 10.9. The average Bonchev–Trinajstić information content (AvgIpc) is 3.01. The van der Waals surface area contributed by atoms with Crippen molar-refractivity contribution in [3.8, 4) is 5.75 Å². The summed E-state index contributed by atoms with van der Waals surface area (Å²) in [6.07, 6.45) is 1.78. The molecule has 16 heavy (non-hydrogen) atoms. The van der Waals surface area contributed by atoms with Crippen molar-refractivity contribution in [3.05, 3.63) is 27.5 Å². The number of aromatic hydroxyl groups is 1. The smallest absolute Gasteiger partial charge is 0.169 e. The molecule has 0 heterocycles. The fraction of sp³-hybridized carbons (Fsp3) is 0.500. The monoisotopic (exact) mass is 287 g/mol. The molecule has 0 aliphatic heterocycles. The van der Waals surface area contributed by atoms with Gasteiger partial charge in [-0.2, -0.15) is 0 Å². The summed E-state index contributed by atoms with van der Waals surface area (Å²) in [4.78, 5) is 0. The quantitative estimate of drug-likeness (QED) is 0.878. The Morgan fingerprint density at radius 2 is 2.12 bits per heavy atom. The van der Waals surface area contributed by atoms with E-state index in [9.17, 15) is 9.50 Å². The second-order valence-electron chi connectivity index (χ2n) is 4.66. The van der Waals surface area contributed by atoms with E-state index in [0.29, 0.717) is 10.0 Å². The molecule has 2 nitrogen and oxygen atoms in total. The van der Waals surface area contributed by atoms with Gasteiger partial charge in [0.25, 0.3) is 0 Å². The van der Waals surface area contributed by atoms with Crippen LogP contribution in [0.4, 0.5) is 4.39 Å². The van der Waals surface area contributed by atoms with Gasteiger partial charge in [0.2, 0.25) is 0 Å². The van der Waals surface area contributed by atoms with Crippen molar-refractivity contribution in [2.75, 3.05) is 0 Å². The summed E-state index contributed by atoms with van der Waals surface area (Å²) < 4.78 is 14.4. The van der Waals surface area contributed by atoms with Crippen LogP contribution in [-0.4, -0.2) is 11.1 Å². The standard InChI is InChI=1S/C12H15BrFNO/c1-6-5-8(10(14)11(16)9(6)13)12(3-4-12)7(2)15/h5,7,16H,3-4,15H2,1-2H3. The largest absolute Gasteiger partial charge is 0.504 e. The van der Waals surface area contributed by atoms with Crippen molar-refractivity contribution in [2.24, 2.45) is 5.73 Å². The van der Waals surface area contributed by atoms with E-state index in [1.54, 1.807) is 6.07 Å². The van der Waals surface area contributed by atoms with E-state index >= 15 is 0 Å². The first kappa shape index (κ1) is 11.9. The summed E-state index contributed by atoms with van der Waals surface area (Å²) in [6.45, 7) is 3.73. The van der Waals surface area contributed by atoms with E-state index in [1.165, 1.54) is 0 Å². The van der Waals surface area contributed by atoms with E-state index in [2.05, 4.69) is 15.9 Å². The van der Waals surface area contributed by atoms with Gasteiger partial charge in [-0.1, -0.05) is 6.07 Å². The number of benzene rings is 1. The van der Waals surface area contributed by atoms with Crippen LogP contribution < -0.4 is 5.73 Å². The van der Waals surface area contributed by atoms with Crippen molar-refractivity contribution in [1.29, 1.82) is 0 Å². The summed E-state index contributed by atoms with van der Waals surface area (Å²) in [5.41, 5.74) is 7.03. The van der Waals surface area contributed by atoms with E-state index in [1.807, 2.05) is 13.8 Å². The highest BCUT2D eigenvalue weighted by molar-refractivity contribution is 9.10. The normalized spacial score (nSPS) is 19.6. The Kier molecular flexibility index (Phi) is 2.75. The zero-order valence-electron chi connectivity index (χ0n) is 9.35. The number of nitrogens with two attached hydrogens (primary N) is 1. The van der Waals surface area contributed by atoms with Gasteiger partial charge < -0.3 is 10.8 Å². The third kappa shape index (κ3) is 1.55. The minimum Gasteiger partial charge on any atom is -0.504 e. The summed E-state index contributed by atoms with van der Waals surface area (Å²) in [5, 5.41) is 9.68. The highest BCUT2D eigenvalue weighted by Gasteiger charge is 2.49. The molecule has 88 valence electrons. The van der Waals surface area contributed by atoms with Crippen molar-refractivity contribution in [3.63, 3.8) is 0 Å². The van der Waals surface area contributed by atoms with Gasteiger partial charge in [0.15, 0.2) is 11.6 Å². The van der Waals surface area contributed by atoms with Crippen LogP contribution in [0.5, 0.6) is 5.75 Å². The number of hydrogen-bond donors (Lipinski definition) is 2. The number of phenolic OH excluding ortho intramolecular Hbond substituents is 1. The summed E-state index contributed by atoms with van der Waals surface area (Å²) >= 11 is 3.17. The van der Waals surface area contributed by atoms with Crippen LogP contribution in [0.2, 0.25) is 0 Å². The van der Waals surface area contributed by atoms with Gasteiger partial charge in [-0.05, 0) is 53.7 Å². The number of rotatable bonds is 2. The zero-order chi connectivity index (χ0) is 12.1. The molecule has 1 fully saturated rings. The van der Waals surface area contributed by atoms with E-state index in [4.69, 9.17) is 5.73 Å². The fourth-order valence-electron chi connectivity index (χ4n) is 2.22. The predicted molar refractivity (Wildman–Crippen MR) is 65.1 cm³/mol. The Bertz CT molecular complexity index is 441. The SMILES string of the molecule is Cc1cc(C2(C(C)N)CC2)c(F)c(O)c1Br. The molecule has 1 aromatic carbocycles. The van der Waals surface area contributed by atoms with Gasteiger partial charge in [-0.3, -0.25) is 0 Å². The Hall–Kier alpha value is -0.610. The Labute approximate surface area is 103 Å². The highest BCUT2D eigenvalue weighted by atomic mass is 79.9. The summed E-state index contributed by atoms with van der Waals surface area (Å²) in [5.74, 6) is -0.839. The second kappa shape index (κ2) is 3.70. The summed E-state index contributed by atoms with van der Waals surface area (Å²) in [6, 6.07) is 1.69. The Morgan fingerprint density at radius 1 is 1.56 bits per heavy atom. The minimum atomic E-state index is -0.535. The lowest BCUT2D eigenvalue weighted by Crippen LogP contribution is -2.32. The van der Waals surface area contributed by atoms with Crippen LogP contribution in [-0.2, 0) is 5.41 Å². The minimum absolute atomic E-state index is 0.0954. The first-order valence-corrected chi connectivity index (χ1v) is 6.13. The van der Waals surface area contributed by atoms with E-state index in [0.717, 1.165) is 18.4 Å². The summed E-state index contributed by atoms with van der Waals surface area (Å²) in [7, 11) is 0. The Balaban J connectivity index is 2.59. The Morgan fingerprint density at radius 3 is 2.56 bits per heavy atom. The molecule has 0 aromatic heterocycles. The molecule has 0 radical (unpaired) electrons. The maximum absolute atomic E-state index is 14.0. The lowest BCUT2D eigenvalue weighted by atomic mass is 9.88. The third-order valence-electron chi connectivity index (χ3n) is 3.56. The van der Waals surface area contributed by atoms with Crippen LogP contribution >= 0.6 is 15.9 Å². The molecule has 2 rings (SSSR count). The molecule has 4 heteroatoms. The molecular weight excluding hydrogens is 273 g/mol. The topological polar surface area (TPSA) is 46.2 Å². The molecule has 1 aliphatic rings. The maximum Gasteiger partial charge on any atom is 0.169 e. The van der Waals surface area contributed by atoms with Crippen LogP contribution in [0.15, 0.2) is 10.5 Å². The lowest BCUT2D eigenvalue weighted by Gasteiger charge is -2.22. The first-order valence-electron chi connectivity index (χ1n) is 5.34. The lowest BCUT2D eigenvalue weighted by molar-refractivity contribution is 0.414. The molecule has 0 spiro atoms. The van der Waals surface area contributed by atoms with Crippen molar-refractivity contribution < 1.29 is 9.50 Å². The predicted octanol–water partition coefficient (Wildman–Crippen LogP) is 2.98. The van der Waals surface area contributed by atoms with Crippen molar-refractivity contribution >= 4 is 15.9 Å². The molecule has 0 saturated heterocycles. The molecule has 3 N–H and O–H groups in total. The van der Waals surface area contributed by atoms with E-state index in [-0.39, 0.29) is 17.2 Å². The third-order valence-corrected chi connectivity index (χ3v) is 4.56. The van der Waals surface area contributed by atoms with Gasteiger partial charge in [0.1, 0.15) is 0 Å². The molecule has 1 atom stereocenters. The number of halogens is 2. The van der Waals surface area contributed by atoms with Crippen LogP contribution in [0.1, 0.15) is 30.9 Å². The van der Waals surface area contributed by atoms with Gasteiger partial charge in [0, 0.05) is 11.5 Å². The average molecular weight is 288 g/mol. The first-order chi connectivity index (χ1) is 7.40. The number of phenols is 1.